The van der Waals surface area contributed by atoms with Gasteiger partial charge in [0, 0.05) is 24.0 Å². The summed E-state index contributed by atoms with van der Waals surface area (Å²) >= 11 is 5.95. The molecule has 0 amide bonds. The summed E-state index contributed by atoms with van der Waals surface area (Å²) in [4.78, 5) is 11.6. The lowest BCUT2D eigenvalue weighted by atomic mass is 9.89. The summed E-state index contributed by atoms with van der Waals surface area (Å²) < 4.78 is 4.80. The second-order valence-electron chi connectivity index (χ2n) is 3.95. The first-order chi connectivity index (χ1) is 7.72. The fourth-order valence-corrected chi connectivity index (χ4v) is 2.36. The highest BCUT2D eigenvalue weighted by atomic mass is 35.5. The molecule has 0 spiro atoms. The van der Waals surface area contributed by atoms with Crippen LogP contribution < -0.4 is 5.32 Å². The largest absolute Gasteiger partial charge is 0.469 e. The Labute approximate surface area is 112 Å². The smallest absolute Gasteiger partial charge is 0.310 e. The summed E-state index contributed by atoms with van der Waals surface area (Å²) in [5.41, 5.74) is 1.09. The Balaban J connectivity index is 0.00000144. The van der Waals surface area contributed by atoms with Crippen LogP contribution in [0.5, 0.6) is 0 Å². The van der Waals surface area contributed by atoms with Crippen molar-refractivity contribution < 1.29 is 9.53 Å². The molecule has 0 bridgehead atoms. The molecule has 1 N–H and O–H groups in total. The molecule has 0 aromatic heterocycles. The van der Waals surface area contributed by atoms with E-state index in [1.165, 1.54) is 7.11 Å². The fourth-order valence-electron chi connectivity index (χ4n) is 2.17. The summed E-state index contributed by atoms with van der Waals surface area (Å²) in [6.45, 7) is 1.46. The van der Waals surface area contributed by atoms with Crippen molar-refractivity contribution in [3.63, 3.8) is 0 Å². The number of carbonyl (C=O) groups is 1. The van der Waals surface area contributed by atoms with Crippen LogP contribution in [0.2, 0.25) is 5.02 Å². The fraction of sp³-hybridized carbons (Fsp3) is 0.417. The summed E-state index contributed by atoms with van der Waals surface area (Å²) in [7, 11) is 1.43. The molecule has 3 nitrogen and oxygen atoms in total. The van der Waals surface area contributed by atoms with Gasteiger partial charge < -0.3 is 10.1 Å². The Bertz CT molecular complexity index is 398. The van der Waals surface area contributed by atoms with E-state index < -0.39 is 0 Å². The van der Waals surface area contributed by atoms with Crippen molar-refractivity contribution in [3.05, 3.63) is 34.9 Å². The predicted octanol–water partition coefficient (Wildman–Crippen LogP) is 2.24. The highest BCUT2D eigenvalue weighted by Gasteiger charge is 2.34. The maximum atomic E-state index is 11.6. The lowest BCUT2D eigenvalue weighted by Gasteiger charge is -2.16. The molecular formula is C12H15Cl2NO2. The number of rotatable bonds is 2. The summed E-state index contributed by atoms with van der Waals surface area (Å²) in [5.74, 6) is -0.107. The summed E-state index contributed by atoms with van der Waals surface area (Å²) in [6.07, 6.45) is 0. The SMILES string of the molecule is COC(=O)[C@H]1CNC[C@@H]1c1cccc(Cl)c1.Cl. The quantitative estimate of drug-likeness (QED) is 0.842. The van der Waals surface area contributed by atoms with E-state index in [-0.39, 0.29) is 30.2 Å². The number of hydrogen-bond acceptors (Lipinski definition) is 3. The molecule has 0 unspecified atom stereocenters. The molecule has 94 valence electrons. The number of hydrogen-bond donors (Lipinski definition) is 1. The Hall–Kier alpha value is -0.770. The van der Waals surface area contributed by atoms with Crippen LogP contribution in [0.3, 0.4) is 0 Å². The van der Waals surface area contributed by atoms with Gasteiger partial charge in [-0.2, -0.15) is 0 Å². The van der Waals surface area contributed by atoms with Crippen LogP contribution in [0.25, 0.3) is 0 Å². The Morgan fingerprint density at radius 3 is 2.88 bits per heavy atom. The van der Waals surface area contributed by atoms with Crippen LogP contribution in [-0.4, -0.2) is 26.2 Å². The van der Waals surface area contributed by atoms with E-state index in [1.54, 1.807) is 0 Å². The van der Waals surface area contributed by atoms with Crippen molar-refractivity contribution >= 4 is 30.0 Å². The number of methoxy groups -OCH3 is 1. The highest BCUT2D eigenvalue weighted by molar-refractivity contribution is 6.30. The lowest BCUT2D eigenvalue weighted by Crippen LogP contribution is -2.22. The van der Waals surface area contributed by atoms with Gasteiger partial charge in [0.25, 0.3) is 0 Å². The molecule has 1 heterocycles. The zero-order chi connectivity index (χ0) is 11.5. The minimum atomic E-state index is -0.157. The van der Waals surface area contributed by atoms with Crippen molar-refractivity contribution in [2.45, 2.75) is 5.92 Å². The van der Waals surface area contributed by atoms with Crippen LogP contribution in [0, 0.1) is 5.92 Å². The molecular weight excluding hydrogens is 261 g/mol. The predicted molar refractivity (Wildman–Crippen MR) is 69.8 cm³/mol. The van der Waals surface area contributed by atoms with Gasteiger partial charge in [-0.25, -0.2) is 0 Å². The number of esters is 1. The highest BCUT2D eigenvalue weighted by Crippen LogP contribution is 2.30. The molecule has 1 aromatic carbocycles. The van der Waals surface area contributed by atoms with Gasteiger partial charge in [-0.05, 0) is 17.7 Å². The molecule has 1 fully saturated rings. The molecule has 1 aliphatic heterocycles. The molecule has 0 saturated carbocycles. The van der Waals surface area contributed by atoms with E-state index in [0.29, 0.717) is 11.6 Å². The van der Waals surface area contributed by atoms with Crippen LogP contribution >= 0.6 is 24.0 Å². The maximum absolute atomic E-state index is 11.6. The van der Waals surface area contributed by atoms with Gasteiger partial charge in [-0.3, -0.25) is 4.79 Å². The molecule has 0 radical (unpaired) electrons. The third-order valence-corrected chi connectivity index (χ3v) is 3.23. The Kier molecular flexibility index (Phi) is 5.25. The second-order valence-corrected chi connectivity index (χ2v) is 4.39. The van der Waals surface area contributed by atoms with Gasteiger partial charge >= 0.3 is 5.97 Å². The van der Waals surface area contributed by atoms with Crippen LogP contribution in [0.4, 0.5) is 0 Å². The zero-order valence-corrected chi connectivity index (χ0v) is 11.1. The number of ether oxygens (including phenoxy) is 1. The van der Waals surface area contributed by atoms with E-state index in [1.807, 2.05) is 24.3 Å². The number of nitrogens with one attached hydrogen (secondary N) is 1. The van der Waals surface area contributed by atoms with Gasteiger partial charge in [-0.1, -0.05) is 23.7 Å². The minimum Gasteiger partial charge on any atom is -0.469 e. The van der Waals surface area contributed by atoms with E-state index in [4.69, 9.17) is 16.3 Å². The van der Waals surface area contributed by atoms with Gasteiger partial charge in [0.15, 0.2) is 0 Å². The first-order valence-electron chi connectivity index (χ1n) is 5.26. The van der Waals surface area contributed by atoms with E-state index >= 15 is 0 Å². The Morgan fingerprint density at radius 1 is 1.47 bits per heavy atom. The number of halogens is 2. The van der Waals surface area contributed by atoms with Crippen LogP contribution in [-0.2, 0) is 9.53 Å². The first kappa shape index (κ1) is 14.3. The zero-order valence-electron chi connectivity index (χ0n) is 9.48. The third-order valence-electron chi connectivity index (χ3n) is 2.99. The molecule has 1 aliphatic rings. The van der Waals surface area contributed by atoms with E-state index in [9.17, 15) is 4.79 Å². The van der Waals surface area contributed by atoms with E-state index in [2.05, 4.69) is 5.32 Å². The molecule has 5 heteroatoms. The van der Waals surface area contributed by atoms with Crippen LogP contribution in [0.15, 0.2) is 24.3 Å². The normalized spacial score (nSPS) is 22.9. The monoisotopic (exact) mass is 275 g/mol. The lowest BCUT2D eigenvalue weighted by molar-refractivity contribution is -0.145. The van der Waals surface area contributed by atoms with Crippen molar-refractivity contribution in [1.82, 2.24) is 5.32 Å². The van der Waals surface area contributed by atoms with Gasteiger partial charge in [0.2, 0.25) is 0 Å². The number of benzene rings is 1. The topological polar surface area (TPSA) is 38.3 Å². The molecule has 2 atom stereocenters. The minimum absolute atomic E-state index is 0. The molecule has 1 saturated heterocycles. The maximum Gasteiger partial charge on any atom is 0.310 e. The van der Waals surface area contributed by atoms with Crippen LogP contribution in [0.1, 0.15) is 11.5 Å². The summed E-state index contributed by atoms with van der Waals surface area (Å²) in [5, 5.41) is 3.91. The molecule has 1 aromatic rings. The third kappa shape index (κ3) is 3.12. The Morgan fingerprint density at radius 2 is 2.24 bits per heavy atom. The van der Waals surface area contributed by atoms with Gasteiger partial charge in [0.05, 0.1) is 13.0 Å². The standard InChI is InChI=1S/C12H14ClNO2.ClH/c1-16-12(15)11-7-14-6-10(11)8-3-2-4-9(13)5-8;/h2-5,10-11,14H,6-7H2,1H3;1H/t10-,11+;/m1./s1. The van der Waals surface area contributed by atoms with Crippen molar-refractivity contribution in [3.8, 4) is 0 Å². The average molecular weight is 276 g/mol. The van der Waals surface area contributed by atoms with Gasteiger partial charge in [0.1, 0.15) is 0 Å². The average Bonchev–Trinajstić information content (AvgIpc) is 2.77. The molecule has 2 rings (SSSR count). The van der Waals surface area contributed by atoms with Crippen molar-refractivity contribution in [2.75, 3.05) is 20.2 Å². The first-order valence-corrected chi connectivity index (χ1v) is 5.64. The molecule has 0 aliphatic carbocycles. The second kappa shape index (κ2) is 6.24. The van der Waals surface area contributed by atoms with Crippen molar-refractivity contribution in [2.24, 2.45) is 5.92 Å². The van der Waals surface area contributed by atoms with Gasteiger partial charge in [-0.15, -0.1) is 12.4 Å². The van der Waals surface area contributed by atoms with Crippen molar-refractivity contribution in [1.29, 1.82) is 0 Å². The summed E-state index contributed by atoms with van der Waals surface area (Å²) in [6, 6.07) is 7.65. The number of carbonyl (C=O) groups excluding carboxylic acids is 1. The van der Waals surface area contributed by atoms with E-state index in [0.717, 1.165) is 12.1 Å². The molecule has 17 heavy (non-hydrogen) atoms.